The second-order valence-electron chi connectivity index (χ2n) is 5.44. The summed E-state index contributed by atoms with van der Waals surface area (Å²) in [5.41, 5.74) is 0.682. The van der Waals surface area contributed by atoms with Gasteiger partial charge in [-0.2, -0.15) is 5.26 Å². The quantitative estimate of drug-likeness (QED) is 0.670. The van der Waals surface area contributed by atoms with Gasteiger partial charge in [0.15, 0.2) is 17.6 Å². The Hall–Kier alpha value is -3.40. The van der Waals surface area contributed by atoms with Gasteiger partial charge in [0.2, 0.25) is 23.1 Å². The van der Waals surface area contributed by atoms with E-state index in [1.807, 2.05) is 0 Å². The molecule has 0 radical (unpaired) electrons. The van der Waals surface area contributed by atoms with Gasteiger partial charge in [0.25, 0.3) is 0 Å². The summed E-state index contributed by atoms with van der Waals surface area (Å²) >= 11 is 0. The lowest BCUT2D eigenvalue weighted by molar-refractivity contribution is -0.120. The van der Waals surface area contributed by atoms with Crippen LogP contribution >= 0.6 is 0 Å². The van der Waals surface area contributed by atoms with Gasteiger partial charge in [-0.25, -0.2) is 4.39 Å². The average Bonchev–Trinajstić information content (AvgIpc) is 2.97. The fourth-order valence-electron chi connectivity index (χ4n) is 2.42. The molecule has 2 heterocycles. The van der Waals surface area contributed by atoms with E-state index in [2.05, 4.69) is 0 Å². The van der Waals surface area contributed by atoms with Crippen LogP contribution in [0.2, 0.25) is 0 Å². The van der Waals surface area contributed by atoms with Gasteiger partial charge in [-0.05, 0) is 23.8 Å². The highest BCUT2D eigenvalue weighted by molar-refractivity contribution is 5.99. The van der Waals surface area contributed by atoms with Crippen LogP contribution in [0.15, 0.2) is 59.5 Å². The Balaban J connectivity index is 1.77. The van der Waals surface area contributed by atoms with Gasteiger partial charge in [-0.1, -0.05) is 12.1 Å². The van der Waals surface area contributed by atoms with Crippen LogP contribution in [-0.4, -0.2) is 22.8 Å². The van der Waals surface area contributed by atoms with Gasteiger partial charge in [0, 0.05) is 18.9 Å². The molecule has 7 heteroatoms. The molecule has 1 unspecified atom stereocenters. The maximum atomic E-state index is 12.9. The van der Waals surface area contributed by atoms with Crippen molar-refractivity contribution in [3.05, 3.63) is 70.8 Å². The van der Waals surface area contributed by atoms with Crippen LogP contribution in [-0.2, 0) is 25.5 Å². The lowest BCUT2D eigenvalue weighted by atomic mass is 10.1. The molecule has 0 fully saturated rings. The zero-order valence-corrected chi connectivity index (χ0v) is 12.9. The minimum absolute atomic E-state index is 0.0947. The summed E-state index contributed by atoms with van der Waals surface area (Å²) in [7, 11) is 0. The number of hydrogen-bond donors (Lipinski definition) is 1. The molecule has 0 aromatic heterocycles. The fourth-order valence-corrected chi connectivity index (χ4v) is 2.42. The number of halogens is 1. The first kappa shape index (κ1) is 16.5. The third kappa shape index (κ3) is 3.43. The van der Waals surface area contributed by atoms with Crippen LogP contribution in [0.5, 0.6) is 0 Å². The van der Waals surface area contributed by atoms with Crippen molar-refractivity contribution in [3.8, 4) is 6.07 Å². The highest BCUT2D eigenvalue weighted by Crippen LogP contribution is 2.28. The number of Topliss-reactive ketones (excluding diaryl/α,β-unsaturated/α-hetero) is 1. The van der Waals surface area contributed by atoms with Crippen molar-refractivity contribution >= 4 is 11.6 Å². The van der Waals surface area contributed by atoms with Crippen LogP contribution < -0.4 is 0 Å². The molecule has 2 aliphatic heterocycles. The van der Waals surface area contributed by atoms with Crippen molar-refractivity contribution in [1.82, 2.24) is 0 Å². The molecule has 0 saturated heterocycles. The lowest BCUT2D eigenvalue weighted by Gasteiger charge is -2.16. The molecule has 0 bridgehead atoms. The monoisotopic (exact) mass is 341 g/mol. The molecule has 1 N–H and O–H groups in total. The number of rotatable bonds is 3. The van der Waals surface area contributed by atoms with E-state index in [0.717, 1.165) is 6.08 Å². The Morgan fingerprint density at radius 2 is 2.04 bits per heavy atom. The lowest BCUT2D eigenvalue weighted by Crippen LogP contribution is -2.20. The molecule has 0 saturated carbocycles. The van der Waals surface area contributed by atoms with Gasteiger partial charge in [0.1, 0.15) is 11.9 Å². The molecule has 3 rings (SSSR count). The summed E-state index contributed by atoms with van der Waals surface area (Å²) in [6.07, 6.45) is 1.55. The van der Waals surface area contributed by atoms with Gasteiger partial charge in [0.05, 0.1) is 0 Å². The zero-order chi connectivity index (χ0) is 18.0. The normalized spacial score (nSPS) is 21.7. The number of nitriles is 1. The molecule has 0 aliphatic carbocycles. The molecule has 6 nitrogen and oxygen atoms in total. The van der Waals surface area contributed by atoms with Gasteiger partial charge < -0.3 is 14.6 Å². The summed E-state index contributed by atoms with van der Waals surface area (Å²) in [6, 6.07) is 7.34. The van der Waals surface area contributed by atoms with E-state index in [4.69, 9.17) is 14.7 Å². The van der Waals surface area contributed by atoms with Crippen LogP contribution in [0.1, 0.15) is 12.0 Å². The smallest absolute Gasteiger partial charge is 0.217 e. The number of carbonyl (C=O) groups is 2. The van der Waals surface area contributed by atoms with Crippen molar-refractivity contribution in [2.75, 3.05) is 0 Å². The third-order valence-corrected chi connectivity index (χ3v) is 3.69. The molecule has 1 atom stereocenters. The number of benzene rings is 1. The predicted molar refractivity (Wildman–Crippen MR) is 82.1 cm³/mol. The second-order valence-corrected chi connectivity index (χ2v) is 5.44. The van der Waals surface area contributed by atoms with Crippen LogP contribution in [0.4, 0.5) is 4.39 Å². The fraction of sp³-hybridized carbons (Fsp3) is 0.167. The maximum absolute atomic E-state index is 12.9. The number of ether oxygens (including phenoxy) is 2. The number of carbonyl (C=O) groups excluding carboxylic acids is 2. The van der Waals surface area contributed by atoms with E-state index in [1.165, 1.54) is 30.3 Å². The van der Waals surface area contributed by atoms with E-state index >= 15 is 0 Å². The molecule has 1 aromatic carbocycles. The number of hydrogen-bond acceptors (Lipinski definition) is 6. The molecule has 1 aromatic rings. The molecule has 0 amide bonds. The maximum Gasteiger partial charge on any atom is 0.217 e. The number of aliphatic hydroxyl groups excluding tert-OH is 1. The van der Waals surface area contributed by atoms with Crippen molar-refractivity contribution < 1.29 is 28.6 Å². The first-order valence-electron chi connectivity index (χ1n) is 7.39. The van der Waals surface area contributed by atoms with E-state index < -0.39 is 35.0 Å². The number of ketones is 2. The second kappa shape index (κ2) is 6.61. The number of aliphatic hydroxyl groups is 1. The standard InChI is InChI=1S/C18H12FNO5/c19-11-3-1-10(2-4-11)7-15-14(22)8-16(25-15)17(23)18-13(21)6-5-12(9-20)24-18/h1-5,8,15,23H,6-7H2. The Bertz CT molecular complexity index is 874. The Morgan fingerprint density at radius 1 is 1.32 bits per heavy atom. The zero-order valence-electron chi connectivity index (χ0n) is 12.9. The molecular weight excluding hydrogens is 329 g/mol. The van der Waals surface area contributed by atoms with Crippen molar-refractivity contribution in [3.63, 3.8) is 0 Å². The predicted octanol–water partition coefficient (Wildman–Crippen LogP) is 2.39. The van der Waals surface area contributed by atoms with E-state index in [9.17, 15) is 19.1 Å². The highest BCUT2D eigenvalue weighted by Gasteiger charge is 2.33. The largest absolute Gasteiger partial charge is 0.502 e. The summed E-state index contributed by atoms with van der Waals surface area (Å²) < 4.78 is 23.4. The Labute approximate surface area is 142 Å². The number of nitrogens with zero attached hydrogens (tertiary/aromatic N) is 1. The van der Waals surface area contributed by atoms with Crippen molar-refractivity contribution in [2.45, 2.75) is 18.9 Å². The van der Waals surface area contributed by atoms with Crippen molar-refractivity contribution in [2.24, 2.45) is 0 Å². The van der Waals surface area contributed by atoms with Crippen LogP contribution in [0.3, 0.4) is 0 Å². The van der Waals surface area contributed by atoms with E-state index in [-0.39, 0.29) is 24.4 Å². The van der Waals surface area contributed by atoms with Gasteiger partial charge >= 0.3 is 0 Å². The molecule has 2 aliphatic rings. The molecule has 126 valence electrons. The third-order valence-electron chi connectivity index (χ3n) is 3.69. The minimum Gasteiger partial charge on any atom is -0.502 e. The van der Waals surface area contributed by atoms with Crippen LogP contribution in [0.25, 0.3) is 0 Å². The molecule has 0 spiro atoms. The topological polar surface area (TPSA) is 96.6 Å². The van der Waals surface area contributed by atoms with Crippen LogP contribution in [0, 0.1) is 17.1 Å². The Morgan fingerprint density at radius 3 is 2.72 bits per heavy atom. The number of allylic oxidation sites excluding steroid dienone is 3. The Kier molecular flexibility index (Phi) is 4.35. The average molecular weight is 341 g/mol. The van der Waals surface area contributed by atoms with Crippen molar-refractivity contribution in [1.29, 1.82) is 5.26 Å². The summed E-state index contributed by atoms with van der Waals surface area (Å²) in [4.78, 5) is 23.9. The summed E-state index contributed by atoms with van der Waals surface area (Å²) in [5.74, 6) is -2.69. The van der Waals surface area contributed by atoms with E-state index in [1.54, 1.807) is 6.07 Å². The summed E-state index contributed by atoms with van der Waals surface area (Å²) in [5, 5.41) is 19.0. The first-order valence-corrected chi connectivity index (χ1v) is 7.39. The SMILES string of the molecule is N#CC1=CCC(=O)C(=C(O)C2=CC(=O)C(Cc3ccc(F)cc3)O2)O1. The molecule has 25 heavy (non-hydrogen) atoms. The summed E-state index contributed by atoms with van der Waals surface area (Å²) in [6.45, 7) is 0. The molecular formula is C18H12FNO5. The minimum atomic E-state index is -0.895. The first-order chi connectivity index (χ1) is 12.0. The van der Waals surface area contributed by atoms with Gasteiger partial charge in [-0.3, -0.25) is 9.59 Å². The van der Waals surface area contributed by atoms with Gasteiger partial charge in [-0.15, -0.1) is 0 Å². The van der Waals surface area contributed by atoms with E-state index in [0.29, 0.717) is 5.56 Å². The highest BCUT2D eigenvalue weighted by atomic mass is 19.1.